The van der Waals surface area contributed by atoms with Crippen LogP contribution in [0, 0.1) is 0 Å². The molecule has 1 heterocycles. The summed E-state index contributed by atoms with van der Waals surface area (Å²) < 4.78 is 1.81. The summed E-state index contributed by atoms with van der Waals surface area (Å²) >= 11 is 0. The van der Waals surface area contributed by atoms with Crippen molar-refractivity contribution in [2.45, 2.75) is 19.9 Å². The topological polar surface area (TPSA) is 85.0 Å². The number of nitrogens with one attached hydrogen (secondary N) is 2. The molecule has 0 radical (unpaired) electrons. The highest BCUT2D eigenvalue weighted by molar-refractivity contribution is 5.96. The maximum Gasteiger partial charge on any atom is 0.251 e. The standard InChI is InChI=1S/C15H21N5O/c1-4-13-11(9-20(3)19-13)8-18-14-7-10(15(21)17-2)5-6-12(14)16/h5-7,9,18H,4,8,16H2,1-3H3,(H,17,21). The average Bonchev–Trinajstić information content (AvgIpc) is 2.85. The van der Waals surface area contributed by atoms with Crippen molar-refractivity contribution in [3.63, 3.8) is 0 Å². The van der Waals surface area contributed by atoms with Gasteiger partial charge in [0, 0.05) is 38.0 Å². The predicted molar refractivity (Wildman–Crippen MR) is 84.2 cm³/mol. The van der Waals surface area contributed by atoms with Gasteiger partial charge in [-0.1, -0.05) is 6.92 Å². The van der Waals surface area contributed by atoms with E-state index in [1.807, 2.05) is 13.2 Å². The van der Waals surface area contributed by atoms with E-state index in [-0.39, 0.29) is 5.91 Å². The van der Waals surface area contributed by atoms with Gasteiger partial charge in [-0.25, -0.2) is 0 Å². The molecule has 0 fully saturated rings. The molecule has 1 aromatic heterocycles. The Labute approximate surface area is 124 Å². The van der Waals surface area contributed by atoms with Gasteiger partial charge >= 0.3 is 0 Å². The number of rotatable bonds is 5. The van der Waals surface area contributed by atoms with Crippen molar-refractivity contribution in [2.24, 2.45) is 7.05 Å². The molecule has 1 aromatic carbocycles. The zero-order chi connectivity index (χ0) is 15.4. The fourth-order valence-electron chi connectivity index (χ4n) is 2.21. The fraction of sp³-hybridized carbons (Fsp3) is 0.333. The van der Waals surface area contributed by atoms with Crippen molar-refractivity contribution in [3.05, 3.63) is 41.2 Å². The first-order chi connectivity index (χ1) is 10.0. The molecule has 0 aliphatic heterocycles. The minimum absolute atomic E-state index is 0.131. The summed E-state index contributed by atoms with van der Waals surface area (Å²) in [5, 5.41) is 10.3. The number of carbonyl (C=O) groups excluding carboxylic acids is 1. The minimum Gasteiger partial charge on any atom is -0.397 e. The molecule has 112 valence electrons. The SMILES string of the molecule is CCc1nn(C)cc1CNc1cc(C(=O)NC)ccc1N. The summed E-state index contributed by atoms with van der Waals surface area (Å²) in [6.45, 7) is 2.70. The van der Waals surface area contributed by atoms with Gasteiger partial charge < -0.3 is 16.4 Å². The molecule has 2 aromatic rings. The molecule has 6 nitrogen and oxygen atoms in total. The lowest BCUT2D eigenvalue weighted by atomic mass is 10.1. The lowest BCUT2D eigenvalue weighted by molar-refractivity contribution is 0.0963. The van der Waals surface area contributed by atoms with Gasteiger partial charge in [0.1, 0.15) is 0 Å². The van der Waals surface area contributed by atoms with Gasteiger partial charge in [0.25, 0.3) is 5.91 Å². The molecule has 0 spiro atoms. The molecule has 21 heavy (non-hydrogen) atoms. The van der Waals surface area contributed by atoms with Crippen LogP contribution in [0.3, 0.4) is 0 Å². The Balaban J connectivity index is 2.17. The number of hydrogen-bond donors (Lipinski definition) is 3. The van der Waals surface area contributed by atoms with Crippen LogP contribution in [-0.2, 0) is 20.0 Å². The lowest BCUT2D eigenvalue weighted by Crippen LogP contribution is -2.18. The second-order valence-electron chi connectivity index (χ2n) is 4.86. The van der Waals surface area contributed by atoms with E-state index in [9.17, 15) is 4.79 Å². The van der Waals surface area contributed by atoms with Gasteiger partial charge in [-0.3, -0.25) is 9.48 Å². The van der Waals surface area contributed by atoms with Crippen molar-refractivity contribution in [3.8, 4) is 0 Å². The molecule has 0 aliphatic carbocycles. The third-order valence-corrected chi connectivity index (χ3v) is 3.34. The van der Waals surface area contributed by atoms with Crippen LogP contribution in [0.15, 0.2) is 24.4 Å². The summed E-state index contributed by atoms with van der Waals surface area (Å²) in [5.41, 5.74) is 10.1. The number of benzene rings is 1. The second-order valence-corrected chi connectivity index (χ2v) is 4.86. The third-order valence-electron chi connectivity index (χ3n) is 3.34. The van der Waals surface area contributed by atoms with Crippen molar-refractivity contribution < 1.29 is 4.79 Å². The molecule has 0 saturated heterocycles. The Morgan fingerprint density at radius 1 is 1.43 bits per heavy atom. The molecule has 0 unspecified atom stereocenters. The first kappa shape index (κ1) is 14.9. The van der Waals surface area contributed by atoms with Gasteiger partial charge in [0.15, 0.2) is 0 Å². The molecular weight excluding hydrogens is 266 g/mol. The number of nitrogens with two attached hydrogens (primary N) is 1. The van der Waals surface area contributed by atoms with E-state index < -0.39 is 0 Å². The Kier molecular flexibility index (Phi) is 4.47. The molecule has 2 rings (SSSR count). The Hall–Kier alpha value is -2.50. The summed E-state index contributed by atoms with van der Waals surface area (Å²) in [4.78, 5) is 11.7. The van der Waals surface area contributed by atoms with Crippen LogP contribution in [0.1, 0.15) is 28.5 Å². The van der Waals surface area contributed by atoms with Crippen LogP contribution in [0.5, 0.6) is 0 Å². The van der Waals surface area contributed by atoms with Crippen LogP contribution < -0.4 is 16.4 Å². The number of anilines is 2. The van der Waals surface area contributed by atoms with Gasteiger partial charge in [-0.15, -0.1) is 0 Å². The van der Waals surface area contributed by atoms with E-state index >= 15 is 0 Å². The molecule has 4 N–H and O–H groups in total. The van der Waals surface area contributed by atoms with Gasteiger partial charge in [0.2, 0.25) is 0 Å². The van der Waals surface area contributed by atoms with E-state index in [4.69, 9.17) is 5.73 Å². The van der Waals surface area contributed by atoms with Gasteiger partial charge in [0.05, 0.1) is 17.1 Å². The first-order valence-corrected chi connectivity index (χ1v) is 6.92. The first-order valence-electron chi connectivity index (χ1n) is 6.92. The van der Waals surface area contributed by atoms with E-state index in [0.717, 1.165) is 23.4 Å². The highest BCUT2D eigenvalue weighted by Gasteiger charge is 2.09. The minimum atomic E-state index is -0.131. The van der Waals surface area contributed by atoms with E-state index in [1.165, 1.54) is 0 Å². The van der Waals surface area contributed by atoms with Crippen molar-refractivity contribution >= 4 is 17.3 Å². The molecule has 0 bridgehead atoms. The highest BCUT2D eigenvalue weighted by atomic mass is 16.1. The van der Waals surface area contributed by atoms with Crippen molar-refractivity contribution in [2.75, 3.05) is 18.1 Å². The molecular formula is C15H21N5O. The number of nitrogens with zero attached hydrogens (tertiary/aromatic N) is 2. The molecule has 6 heteroatoms. The summed E-state index contributed by atoms with van der Waals surface area (Å²) in [6, 6.07) is 5.20. The maximum atomic E-state index is 11.7. The maximum absolute atomic E-state index is 11.7. The zero-order valence-corrected chi connectivity index (χ0v) is 12.6. The summed E-state index contributed by atoms with van der Waals surface area (Å²) in [7, 11) is 3.51. The second kappa shape index (κ2) is 6.30. The number of hydrogen-bond acceptors (Lipinski definition) is 4. The Bertz CT molecular complexity index is 648. The molecule has 1 amide bonds. The number of aryl methyl sites for hydroxylation is 2. The summed E-state index contributed by atoms with van der Waals surface area (Å²) in [5.74, 6) is -0.131. The normalized spacial score (nSPS) is 10.4. The lowest BCUT2D eigenvalue weighted by Gasteiger charge is -2.11. The van der Waals surface area contributed by atoms with Crippen LogP contribution in [0.4, 0.5) is 11.4 Å². The molecule has 0 aliphatic rings. The van der Waals surface area contributed by atoms with Crippen molar-refractivity contribution in [1.29, 1.82) is 0 Å². The van der Waals surface area contributed by atoms with E-state index in [2.05, 4.69) is 22.7 Å². The Morgan fingerprint density at radius 2 is 2.19 bits per heavy atom. The average molecular weight is 287 g/mol. The summed E-state index contributed by atoms with van der Waals surface area (Å²) in [6.07, 6.45) is 2.87. The smallest absolute Gasteiger partial charge is 0.251 e. The third kappa shape index (κ3) is 3.34. The van der Waals surface area contributed by atoms with E-state index in [0.29, 0.717) is 17.8 Å². The number of carbonyl (C=O) groups is 1. The van der Waals surface area contributed by atoms with Gasteiger partial charge in [-0.2, -0.15) is 5.10 Å². The predicted octanol–water partition coefficient (Wildman–Crippen LogP) is 1.54. The Morgan fingerprint density at radius 3 is 2.86 bits per heavy atom. The van der Waals surface area contributed by atoms with E-state index in [1.54, 1.807) is 29.9 Å². The van der Waals surface area contributed by atoms with Crippen molar-refractivity contribution in [1.82, 2.24) is 15.1 Å². The largest absolute Gasteiger partial charge is 0.397 e. The highest BCUT2D eigenvalue weighted by Crippen LogP contribution is 2.21. The molecule has 0 atom stereocenters. The van der Waals surface area contributed by atoms with Crippen LogP contribution in [-0.4, -0.2) is 22.7 Å². The molecule has 0 saturated carbocycles. The monoisotopic (exact) mass is 287 g/mol. The zero-order valence-electron chi connectivity index (χ0n) is 12.6. The fourth-order valence-corrected chi connectivity index (χ4v) is 2.21. The number of amides is 1. The van der Waals surface area contributed by atoms with Gasteiger partial charge in [-0.05, 0) is 24.6 Å². The number of nitrogen functional groups attached to an aromatic ring is 1. The van der Waals surface area contributed by atoms with Crippen LogP contribution in [0.2, 0.25) is 0 Å². The quantitative estimate of drug-likeness (QED) is 0.728. The van der Waals surface area contributed by atoms with Crippen LogP contribution >= 0.6 is 0 Å². The van der Waals surface area contributed by atoms with Crippen LogP contribution in [0.25, 0.3) is 0 Å². The number of aromatic nitrogens is 2.